The second-order valence-electron chi connectivity index (χ2n) is 5.51. The van der Waals surface area contributed by atoms with E-state index in [2.05, 4.69) is 15.2 Å². The molecule has 7 heteroatoms. The maximum Gasteiger partial charge on any atom is 0.234 e. The molecule has 1 aliphatic rings. The van der Waals surface area contributed by atoms with E-state index in [0.29, 0.717) is 12.0 Å². The van der Waals surface area contributed by atoms with Crippen LogP contribution in [0.3, 0.4) is 0 Å². The van der Waals surface area contributed by atoms with E-state index in [-0.39, 0.29) is 0 Å². The molecule has 0 aliphatic heterocycles. The van der Waals surface area contributed by atoms with Gasteiger partial charge < -0.3 is 5.73 Å². The summed E-state index contributed by atoms with van der Waals surface area (Å²) in [6.07, 6.45) is 7.94. The first-order valence-corrected chi connectivity index (χ1v) is 8.01. The van der Waals surface area contributed by atoms with Crippen LogP contribution in [0.25, 0.3) is 16.3 Å². The second-order valence-corrected chi connectivity index (χ2v) is 6.50. The molecule has 21 heavy (non-hydrogen) atoms. The molecular formula is C14H16N6S. The lowest BCUT2D eigenvalue weighted by atomic mass is 9.87. The van der Waals surface area contributed by atoms with Crippen molar-refractivity contribution in [2.24, 2.45) is 5.73 Å². The summed E-state index contributed by atoms with van der Waals surface area (Å²) >= 11 is 1.64. The minimum absolute atomic E-state index is 0.359. The normalized spacial score (nSPS) is 22.7. The van der Waals surface area contributed by atoms with Crippen LogP contribution in [0.4, 0.5) is 0 Å². The van der Waals surface area contributed by atoms with E-state index >= 15 is 0 Å². The van der Waals surface area contributed by atoms with Gasteiger partial charge in [-0.25, -0.2) is 0 Å². The van der Waals surface area contributed by atoms with Gasteiger partial charge >= 0.3 is 0 Å². The molecule has 108 valence electrons. The van der Waals surface area contributed by atoms with E-state index in [4.69, 9.17) is 10.8 Å². The topological polar surface area (TPSA) is 82.0 Å². The largest absolute Gasteiger partial charge is 0.328 e. The van der Waals surface area contributed by atoms with Gasteiger partial charge in [0.1, 0.15) is 5.01 Å². The second kappa shape index (κ2) is 5.16. The third kappa shape index (κ3) is 2.32. The smallest absolute Gasteiger partial charge is 0.234 e. The Morgan fingerprint density at radius 3 is 2.81 bits per heavy atom. The third-order valence-corrected chi connectivity index (χ3v) is 5.11. The van der Waals surface area contributed by atoms with Crippen LogP contribution in [-0.4, -0.2) is 30.8 Å². The lowest BCUT2D eigenvalue weighted by Crippen LogP contribution is -2.25. The number of aromatic nitrogens is 5. The third-order valence-electron chi connectivity index (χ3n) is 4.05. The Hall–Kier alpha value is -1.86. The molecule has 0 radical (unpaired) electrons. The van der Waals surface area contributed by atoms with Crippen LogP contribution in [0, 0.1) is 0 Å². The Morgan fingerprint density at radius 1 is 1.19 bits per heavy atom. The van der Waals surface area contributed by atoms with Crippen LogP contribution in [0.15, 0.2) is 24.5 Å². The summed E-state index contributed by atoms with van der Waals surface area (Å²) in [5, 5.41) is 14.4. The van der Waals surface area contributed by atoms with Crippen LogP contribution in [0.1, 0.15) is 36.6 Å². The average molecular weight is 300 g/mol. The standard InChI is InChI=1S/C14H16N6S/c15-11-5-3-9(4-6-11)13-19-20-12(17-18-14(20)21-13)10-2-1-7-16-8-10/h1-2,7-9,11H,3-6,15H2. The molecule has 3 aromatic rings. The first kappa shape index (κ1) is 12.8. The highest BCUT2D eigenvalue weighted by Gasteiger charge is 2.24. The van der Waals surface area contributed by atoms with E-state index in [1.165, 1.54) is 0 Å². The zero-order valence-electron chi connectivity index (χ0n) is 11.5. The number of nitrogens with zero attached hydrogens (tertiary/aromatic N) is 5. The fourth-order valence-corrected chi connectivity index (χ4v) is 3.85. The van der Waals surface area contributed by atoms with Crippen LogP contribution < -0.4 is 5.73 Å². The molecule has 1 fully saturated rings. The molecule has 2 N–H and O–H groups in total. The van der Waals surface area contributed by atoms with Gasteiger partial charge in [0.2, 0.25) is 4.96 Å². The highest BCUT2D eigenvalue weighted by molar-refractivity contribution is 7.16. The molecule has 4 rings (SSSR count). The molecule has 0 atom stereocenters. The van der Waals surface area contributed by atoms with Crippen LogP contribution in [-0.2, 0) is 0 Å². The summed E-state index contributed by atoms with van der Waals surface area (Å²) in [6, 6.07) is 4.23. The first-order chi connectivity index (χ1) is 10.3. The molecule has 0 amide bonds. The predicted octanol–water partition coefficient (Wildman–Crippen LogP) is 2.23. The van der Waals surface area contributed by atoms with Crippen molar-refractivity contribution in [3.05, 3.63) is 29.5 Å². The molecule has 3 aromatic heterocycles. The van der Waals surface area contributed by atoms with Crippen LogP contribution >= 0.6 is 11.3 Å². The van der Waals surface area contributed by atoms with Crippen molar-refractivity contribution in [3.8, 4) is 11.4 Å². The Labute approximate surface area is 126 Å². The molecule has 1 saturated carbocycles. The SMILES string of the molecule is NC1CCC(c2nn3c(-c4cccnc4)nnc3s2)CC1. The van der Waals surface area contributed by atoms with E-state index in [0.717, 1.165) is 47.0 Å². The monoisotopic (exact) mass is 300 g/mol. The van der Waals surface area contributed by atoms with Crippen LogP contribution in [0.2, 0.25) is 0 Å². The zero-order chi connectivity index (χ0) is 14.2. The van der Waals surface area contributed by atoms with Gasteiger partial charge in [-0.05, 0) is 37.8 Å². The number of hydrogen-bond acceptors (Lipinski definition) is 6. The van der Waals surface area contributed by atoms with Gasteiger partial charge in [0.25, 0.3) is 0 Å². The van der Waals surface area contributed by atoms with Crippen molar-refractivity contribution in [1.29, 1.82) is 0 Å². The minimum atomic E-state index is 0.359. The Kier molecular flexibility index (Phi) is 3.16. The maximum atomic E-state index is 5.98. The fourth-order valence-electron chi connectivity index (χ4n) is 2.84. The first-order valence-electron chi connectivity index (χ1n) is 7.19. The van der Waals surface area contributed by atoms with Crippen molar-refractivity contribution >= 4 is 16.3 Å². The van der Waals surface area contributed by atoms with Crippen LogP contribution in [0.5, 0.6) is 0 Å². The number of nitrogens with two attached hydrogens (primary N) is 1. The predicted molar refractivity (Wildman–Crippen MR) is 81.1 cm³/mol. The number of fused-ring (bicyclic) bond motifs is 1. The van der Waals surface area contributed by atoms with Gasteiger partial charge in [-0.2, -0.15) is 9.61 Å². The minimum Gasteiger partial charge on any atom is -0.328 e. The summed E-state index contributed by atoms with van der Waals surface area (Å²) in [6.45, 7) is 0. The van der Waals surface area contributed by atoms with Gasteiger partial charge in [-0.15, -0.1) is 10.2 Å². The molecule has 0 aromatic carbocycles. The van der Waals surface area contributed by atoms with E-state index < -0.39 is 0 Å². The molecule has 3 heterocycles. The average Bonchev–Trinajstić information content (AvgIpc) is 3.09. The maximum absolute atomic E-state index is 5.98. The number of pyridine rings is 1. The van der Waals surface area contributed by atoms with Crippen molar-refractivity contribution in [3.63, 3.8) is 0 Å². The van der Waals surface area contributed by atoms with Gasteiger partial charge in [0, 0.05) is 29.9 Å². The van der Waals surface area contributed by atoms with Crippen molar-refractivity contribution < 1.29 is 0 Å². The molecule has 1 aliphatic carbocycles. The molecule has 0 unspecified atom stereocenters. The van der Waals surface area contributed by atoms with Crippen molar-refractivity contribution in [2.45, 2.75) is 37.6 Å². The quantitative estimate of drug-likeness (QED) is 0.785. The van der Waals surface area contributed by atoms with E-state index in [1.807, 2.05) is 16.6 Å². The van der Waals surface area contributed by atoms with Gasteiger partial charge in [0.05, 0.1) is 0 Å². The number of rotatable bonds is 2. The molecule has 0 spiro atoms. The summed E-state index contributed by atoms with van der Waals surface area (Å²) < 4.78 is 1.84. The molecule has 0 saturated heterocycles. The van der Waals surface area contributed by atoms with E-state index in [1.54, 1.807) is 23.7 Å². The summed E-state index contributed by atoms with van der Waals surface area (Å²) in [4.78, 5) is 4.98. The highest BCUT2D eigenvalue weighted by Crippen LogP contribution is 2.35. The number of hydrogen-bond donors (Lipinski definition) is 1. The van der Waals surface area contributed by atoms with Gasteiger partial charge in [0.15, 0.2) is 5.82 Å². The lowest BCUT2D eigenvalue weighted by molar-refractivity contribution is 0.393. The molecule has 6 nitrogen and oxygen atoms in total. The molecular weight excluding hydrogens is 284 g/mol. The van der Waals surface area contributed by atoms with Gasteiger partial charge in [-0.3, -0.25) is 4.98 Å². The zero-order valence-corrected chi connectivity index (χ0v) is 12.3. The fraction of sp³-hybridized carbons (Fsp3) is 0.429. The molecule has 0 bridgehead atoms. The van der Waals surface area contributed by atoms with Gasteiger partial charge in [-0.1, -0.05) is 11.3 Å². The van der Waals surface area contributed by atoms with E-state index in [9.17, 15) is 0 Å². The summed E-state index contributed by atoms with van der Waals surface area (Å²) in [7, 11) is 0. The highest BCUT2D eigenvalue weighted by atomic mass is 32.1. The summed E-state index contributed by atoms with van der Waals surface area (Å²) in [5.74, 6) is 1.27. The van der Waals surface area contributed by atoms with Crippen molar-refractivity contribution in [2.75, 3.05) is 0 Å². The van der Waals surface area contributed by atoms with Crippen molar-refractivity contribution in [1.82, 2.24) is 24.8 Å². The Balaban J connectivity index is 1.70. The Morgan fingerprint density at radius 2 is 2.05 bits per heavy atom. The summed E-state index contributed by atoms with van der Waals surface area (Å²) in [5.41, 5.74) is 6.92. The lowest BCUT2D eigenvalue weighted by Gasteiger charge is -2.23. The Bertz CT molecular complexity index is 741.